The minimum absolute atomic E-state index is 0.228. The van der Waals surface area contributed by atoms with Crippen LogP contribution in [0.5, 0.6) is 0 Å². The van der Waals surface area contributed by atoms with E-state index in [2.05, 4.69) is 6.92 Å². The minimum Gasteiger partial charge on any atom is -0.478 e. The molecule has 0 bridgehead atoms. The Hall–Kier alpha value is -4.06. The summed E-state index contributed by atoms with van der Waals surface area (Å²) in [6.45, 7) is 4.08. The second-order valence-corrected chi connectivity index (χ2v) is 10.7. The van der Waals surface area contributed by atoms with Gasteiger partial charge in [-0.05, 0) is 37.5 Å². The molecule has 0 spiro atoms. The van der Waals surface area contributed by atoms with Crippen LogP contribution in [0, 0.1) is 6.92 Å². The second-order valence-electron chi connectivity index (χ2n) is 10.7. The number of hydrogen-bond donors (Lipinski definition) is 2. The first-order valence-electron chi connectivity index (χ1n) is 14.6. The molecule has 2 N–H and O–H groups in total. The van der Waals surface area contributed by atoms with Crippen LogP contribution in [0.25, 0.3) is 0 Å². The van der Waals surface area contributed by atoms with Gasteiger partial charge in [-0.1, -0.05) is 119 Å². The van der Waals surface area contributed by atoms with E-state index in [1.807, 2.05) is 19.1 Å². The zero-order chi connectivity index (χ0) is 29.8. The number of aryl methyl sites for hydroxylation is 2. The van der Waals surface area contributed by atoms with Crippen LogP contribution in [0.2, 0.25) is 0 Å². The maximum atomic E-state index is 13.3. The Morgan fingerprint density at radius 2 is 0.927 bits per heavy atom. The van der Waals surface area contributed by atoms with Gasteiger partial charge in [0.25, 0.3) is 0 Å². The average Bonchev–Trinajstić information content (AvgIpc) is 2.97. The van der Waals surface area contributed by atoms with E-state index in [4.69, 9.17) is 0 Å². The summed E-state index contributed by atoms with van der Waals surface area (Å²) in [6.07, 6.45) is 13.5. The van der Waals surface area contributed by atoms with Crippen LogP contribution in [0.1, 0.15) is 135 Å². The van der Waals surface area contributed by atoms with E-state index in [0.717, 1.165) is 42.5 Å². The van der Waals surface area contributed by atoms with E-state index < -0.39 is 34.6 Å². The molecule has 0 aromatic heterocycles. The van der Waals surface area contributed by atoms with E-state index in [0.29, 0.717) is 0 Å². The Kier molecular flexibility index (Phi) is 12.0. The Bertz CT molecular complexity index is 1350. The average molecular weight is 557 g/mol. The molecule has 0 fully saturated rings. The molecule has 0 saturated heterocycles. The van der Waals surface area contributed by atoms with Gasteiger partial charge in [-0.25, -0.2) is 9.59 Å². The van der Waals surface area contributed by atoms with Crippen molar-refractivity contribution < 1.29 is 29.4 Å². The number of rotatable bonds is 17. The van der Waals surface area contributed by atoms with Crippen LogP contribution in [0.3, 0.4) is 0 Å². The predicted octanol–water partition coefficient (Wildman–Crippen LogP) is 8.32. The van der Waals surface area contributed by atoms with Crippen LogP contribution in [0.15, 0.2) is 60.7 Å². The maximum Gasteiger partial charge on any atom is 0.336 e. The van der Waals surface area contributed by atoms with Gasteiger partial charge < -0.3 is 10.2 Å². The van der Waals surface area contributed by atoms with E-state index in [1.165, 1.54) is 51.4 Å². The highest BCUT2D eigenvalue weighted by atomic mass is 16.4. The van der Waals surface area contributed by atoms with E-state index in [-0.39, 0.29) is 22.3 Å². The molecule has 6 heteroatoms. The van der Waals surface area contributed by atoms with Gasteiger partial charge in [0.1, 0.15) is 0 Å². The number of carboxylic acid groups (broad SMARTS) is 2. The van der Waals surface area contributed by atoms with Gasteiger partial charge in [-0.2, -0.15) is 0 Å². The molecule has 0 aliphatic carbocycles. The van der Waals surface area contributed by atoms with Crippen molar-refractivity contribution in [3.05, 3.63) is 105 Å². The fraction of sp³-hybridized carbons (Fsp3) is 0.371. The molecule has 0 heterocycles. The highest BCUT2D eigenvalue weighted by Crippen LogP contribution is 2.24. The zero-order valence-corrected chi connectivity index (χ0v) is 24.1. The first-order valence-corrected chi connectivity index (χ1v) is 14.6. The predicted molar refractivity (Wildman–Crippen MR) is 160 cm³/mol. The summed E-state index contributed by atoms with van der Waals surface area (Å²) in [5, 5.41) is 19.7. The van der Waals surface area contributed by atoms with Crippen molar-refractivity contribution in [2.75, 3.05) is 0 Å². The number of carbonyl (C=O) groups excluding carboxylic acids is 2. The van der Waals surface area contributed by atoms with Crippen molar-refractivity contribution in [3.63, 3.8) is 0 Å². The van der Waals surface area contributed by atoms with E-state index >= 15 is 0 Å². The molecule has 3 aromatic rings. The van der Waals surface area contributed by atoms with Crippen LogP contribution in [0.4, 0.5) is 0 Å². The summed E-state index contributed by atoms with van der Waals surface area (Å²) in [5.74, 6) is -4.07. The quantitative estimate of drug-likeness (QED) is 0.128. The van der Waals surface area contributed by atoms with Crippen molar-refractivity contribution in [3.8, 4) is 0 Å². The highest BCUT2D eigenvalue weighted by molar-refractivity contribution is 6.19. The van der Waals surface area contributed by atoms with Crippen LogP contribution >= 0.6 is 0 Å². The molecule has 0 atom stereocenters. The summed E-state index contributed by atoms with van der Waals surface area (Å²) in [6, 6.07) is 15.5. The maximum absolute atomic E-state index is 13.3. The molecular formula is C35H40O6. The molecule has 41 heavy (non-hydrogen) atoms. The number of hydrogen-bond acceptors (Lipinski definition) is 4. The lowest BCUT2D eigenvalue weighted by molar-refractivity contribution is 0.0677. The molecule has 6 nitrogen and oxygen atoms in total. The van der Waals surface area contributed by atoms with Crippen LogP contribution in [-0.2, 0) is 6.42 Å². The molecule has 0 saturated carbocycles. The lowest BCUT2D eigenvalue weighted by Gasteiger charge is -2.12. The number of carboxylic acids is 2. The summed E-state index contributed by atoms with van der Waals surface area (Å²) < 4.78 is 0. The van der Waals surface area contributed by atoms with Gasteiger partial charge >= 0.3 is 11.9 Å². The molecular weight excluding hydrogens is 516 g/mol. The molecule has 0 amide bonds. The SMILES string of the molecule is CCCCCCCCCCCCc1ccc(C(=O)c2cc(C(=O)O)c(C(=O)c3ccc(C)cc3)cc2C(=O)O)cc1. The molecule has 216 valence electrons. The normalized spacial score (nSPS) is 10.9. The Morgan fingerprint density at radius 3 is 1.34 bits per heavy atom. The molecule has 3 aromatic carbocycles. The first kappa shape index (κ1) is 31.5. The van der Waals surface area contributed by atoms with Crippen LogP contribution in [-0.4, -0.2) is 33.7 Å². The molecule has 0 radical (unpaired) electrons. The van der Waals surface area contributed by atoms with Crippen LogP contribution < -0.4 is 0 Å². The summed E-state index contributed by atoms with van der Waals surface area (Å²) in [4.78, 5) is 50.6. The van der Waals surface area contributed by atoms with E-state index in [9.17, 15) is 29.4 Å². The number of ketones is 2. The third kappa shape index (κ3) is 8.97. The fourth-order valence-electron chi connectivity index (χ4n) is 4.98. The van der Waals surface area contributed by atoms with Crippen molar-refractivity contribution in [1.82, 2.24) is 0 Å². The van der Waals surface area contributed by atoms with Gasteiger partial charge in [0, 0.05) is 22.3 Å². The Labute approximate surface area is 242 Å². The molecule has 0 aliphatic heterocycles. The second kappa shape index (κ2) is 15.7. The molecule has 0 unspecified atom stereocenters. The van der Waals surface area contributed by atoms with Crippen molar-refractivity contribution in [1.29, 1.82) is 0 Å². The van der Waals surface area contributed by atoms with Crippen molar-refractivity contribution in [2.45, 2.75) is 84.5 Å². The lowest BCUT2D eigenvalue weighted by atomic mass is 9.89. The number of aromatic carboxylic acids is 2. The van der Waals surface area contributed by atoms with Gasteiger partial charge in [0.2, 0.25) is 0 Å². The van der Waals surface area contributed by atoms with Gasteiger partial charge in [0.05, 0.1) is 11.1 Å². The lowest BCUT2D eigenvalue weighted by Crippen LogP contribution is -2.17. The third-order valence-corrected chi connectivity index (χ3v) is 7.46. The van der Waals surface area contributed by atoms with Crippen molar-refractivity contribution >= 4 is 23.5 Å². The molecule has 0 aliphatic rings. The van der Waals surface area contributed by atoms with Gasteiger partial charge in [-0.3, -0.25) is 9.59 Å². The molecule has 3 rings (SSSR count). The first-order chi connectivity index (χ1) is 19.7. The summed E-state index contributed by atoms with van der Waals surface area (Å²) >= 11 is 0. The van der Waals surface area contributed by atoms with Gasteiger partial charge in [0.15, 0.2) is 11.6 Å². The fourth-order valence-corrected chi connectivity index (χ4v) is 4.98. The topological polar surface area (TPSA) is 109 Å². The summed E-state index contributed by atoms with van der Waals surface area (Å²) in [5.41, 5.74) is 1.12. The zero-order valence-electron chi connectivity index (χ0n) is 24.1. The Morgan fingerprint density at radius 1 is 0.537 bits per heavy atom. The van der Waals surface area contributed by atoms with E-state index in [1.54, 1.807) is 36.4 Å². The standard InChI is InChI=1S/C35H40O6/c1-3-4-5-6-7-8-9-10-11-12-13-25-16-20-27(21-17-25)33(37)29-23-30(34(38)39)28(22-31(29)35(40)41)32(36)26-18-14-24(2)15-19-26/h14-23H,3-13H2,1-2H3,(H,38,39)(H,40,41). The smallest absolute Gasteiger partial charge is 0.336 e. The Balaban J connectivity index is 1.69. The van der Waals surface area contributed by atoms with Gasteiger partial charge in [-0.15, -0.1) is 0 Å². The van der Waals surface area contributed by atoms with Crippen molar-refractivity contribution in [2.24, 2.45) is 0 Å². The summed E-state index contributed by atoms with van der Waals surface area (Å²) in [7, 11) is 0. The highest BCUT2D eigenvalue weighted by Gasteiger charge is 2.26. The number of carbonyl (C=O) groups is 4. The third-order valence-electron chi connectivity index (χ3n) is 7.46. The monoisotopic (exact) mass is 556 g/mol. The number of benzene rings is 3. The largest absolute Gasteiger partial charge is 0.478 e. The minimum atomic E-state index is -1.42. The number of unbranched alkanes of at least 4 members (excludes halogenated alkanes) is 9.